The van der Waals surface area contributed by atoms with Gasteiger partial charge in [-0.2, -0.15) is 0 Å². The van der Waals surface area contributed by atoms with E-state index < -0.39 is 8.07 Å². The lowest BCUT2D eigenvalue weighted by atomic mass is 9.86. The number of halogens is 3. The highest BCUT2D eigenvalue weighted by Crippen LogP contribution is 2.40. The molecule has 0 heterocycles. The van der Waals surface area contributed by atoms with Crippen LogP contribution in [0.15, 0.2) is 24.3 Å². The molecule has 0 aromatic heterocycles. The lowest BCUT2D eigenvalue weighted by Crippen LogP contribution is -2.39. The van der Waals surface area contributed by atoms with Crippen LogP contribution >= 0.6 is 43.5 Å². The largest absolute Gasteiger partial charge is 0.0918 e. The zero-order valence-corrected chi connectivity index (χ0v) is 15.5. The van der Waals surface area contributed by atoms with Gasteiger partial charge in [-0.25, -0.2) is 0 Å². The molecule has 17 heavy (non-hydrogen) atoms. The van der Waals surface area contributed by atoms with E-state index in [0.29, 0.717) is 0 Å². The van der Waals surface area contributed by atoms with Gasteiger partial charge in [-0.05, 0) is 17.7 Å². The minimum Gasteiger partial charge on any atom is -0.0918 e. The molecule has 1 aromatic rings. The van der Waals surface area contributed by atoms with Gasteiger partial charge >= 0.3 is 0 Å². The Morgan fingerprint density at radius 2 is 1.65 bits per heavy atom. The van der Waals surface area contributed by atoms with Gasteiger partial charge in [-0.1, -0.05) is 81.3 Å². The van der Waals surface area contributed by atoms with Crippen LogP contribution in [0.5, 0.6) is 0 Å². The zero-order valence-electron chi connectivity index (χ0n) is 10.6. The van der Waals surface area contributed by atoms with E-state index in [0.717, 1.165) is 15.7 Å². The average molecular weight is 399 g/mol. The maximum absolute atomic E-state index is 6.37. The van der Waals surface area contributed by atoms with Crippen molar-refractivity contribution in [3.63, 3.8) is 0 Å². The Morgan fingerprint density at radius 1 is 1.12 bits per heavy atom. The van der Waals surface area contributed by atoms with Gasteiger partial charge in [-0.3, -0.25) is 0 Å². The number of rotatable bonds is 5. The lowest BCUT2D eigenvalue weighted by Gasteiger charge is -2.36. The molecule has 0 fully saturated rings. The van der Waals surface area contributed by atoms with Gasteiger partial charge in [0, 0.05) is 29.2 Å². The topological polar surface area (TPSA) is 0 Å². The molecular weight excluding hydrogens is 379 g/mol. The van der Waals surface area contributed by atoms with Crippen molar-refractivity contribution in [1.82, 2.24) is 0 Å². The summed E-state index contributed by atoms with van der Waals surface area (Å²) in [5, 5.41) is 2.77. The van der Waals surface area contributed by atoms with Crippen molar-refractivity contribution >= 4 is 51.5 Å². The Hall–Kier alpha value is 0.687. The first-order valence-corrected chi connectivity index (χ1v) is 12.0. The number of hydrogen-bond donors (Lipinski definition) is 0. The van der Waals surface area contributed by atoms with Crippen LogP contribution in [-0.2, 0) is 5.41 Å². The highest BCUT2D eigenvalue weighted by molar-refractivity contribution is 9.09. The van der Waals surface area contributed by atoms with Gasteiger partial charge < -0.3 is 0 Å². The summed E-state index contributed by atoms with van der Waals surface area (Å²) < 4.78 is 0. The first-order valence-electron chi connectivity index (χ1n) is 5.72. The molecule has 0 atom stereocenters. The third kappa shape index (κ3) is 4.08. The third-order valence-electron chi connectivity index (χ3n) is 2.83. The molecule has 96 valence electrons. The Balaban J connectivity index is 3.20. The van der Waals surface area contributed by atoms with Gasteiger partial charge in [0.2, 0.25) is 0 Å². The molecule has 0 saturated carbocycles. The number of alkyl halides is 2. The SMILES string of the molecule is C[Si](C)(C)CC(CBr)(CBr)c1ccccc1Cl. The van der Waals surface area contributed by atoms with Crippen molar-refractivity contribution in [2.75, 3.05) is 10.7 Å². The standard InChI is InChI=1S/C13H19Br2ClSi/c1-17(2,3)10-13(8-14,9-15)11-6-4-5-7-12(11)16/h4-7H,8-10H2,1-3H3. The molecule has 4 heteroatoms. The van der Waals surface area contributed by atoms with E-state index in [1.807, 2.05) is 12.1 Å². The van der Waals surface area contributed by atoms with Crippen molar-refractivity contribution in [3.8, 4) is 0 Å². The quantitative estimate of drug-likeness (QED) is 0.440. The monoisotopic (exact) mass is 396 g/mol. The van der Waals surface area contributed by atoms with E-state index in [1.165, 1.54) is 11.6 Å². The smallest absolute Gasteiger partial charge is 0.0452 e. The predicted molar refractivity (Wildman–Crippen MR) is 88.9 cm³/mol. The summed E-state index contributed by atoms with van der Waals surface area (Å²) in [4.78, 5) is 0. The molecule has 0 nitrogen and oxygen atoms in total. The second kappa shape index (κ2) is 6.22. The highest BCUT2D eigenvalue weighted by atomic mass is 79.9. The molecule has 0 aliphatic carbocycles. The van der Waals surface area contributed by atoms with E-state index in [1.54, 1.807) is 0 Å². The number of benzene rings is 1. The summed E-state index contributed by atoms with van der Waals surface area (Å²) >= 11 is 13.7. The van der Waals surface area contributed by atoms with E-state index >= 15 is 0 Å². The Kier molecular flexibility index (Phi) is 5.76. The van der Waals surface area contributed by atoms with Crippen LogP contribution in [0.2, 0.25) is 30.7 Å². The second-order valence-electron chi connectivity index (χ2n) is 5.76. The summed E-state index contributed by atoms with van der Waals surface area (Å²) in [7, 11) is -1.16. The van der Waals surface area contributed by atoms with Gasteiger partial charge in [0.05, 0.1) is 0 Å². The minimum atomic E-state index is -1.16. The van der Waals surface area contributed by atoms with E-state index in [2.05, 4.69) is 63.6 Å². The molecule has 0 spiro atoms. The molecule has 0 aliphatic rings. The van der Waals surface area contributed by atoms with Crippen LogP contribution in [0.1, 0.15) is 5.56 Å². The third-order valence-corrected chi connectivity index (χ3v) is 7.04. The van der Waals surface area contributed by atoms with Crippen molar-refractivity contribution < 1.29 is 0 Å². The van der Waals surface area contributed by atoms with Crippen molar-refractivity contribution in [3.05, 3.63) is 34.9 Å². The molecule has 1 rings (SSSR count). The van der Waals surface area contributed by atoms with Crippen LogP contribution in [0, 0.1) is 0 Å². The molecule has 0 saturated heterocycles. The van der Waals surface area contributed by atoms with Crippen LogP contribution in [-0.4, -0.2) is 18.7 Å². The molecule has 0 N–H and O–H groups in total. The molecule has 0 bridgehead atoms. The van der Waals surface area contributed by atoms with E-state index in [9.17, 15) is 0 Å². The maximum atomic E-state index is 6.37. The number of hydrogen-bond acceptors (Lipinski definition) is 0. The van der Waals surface area contributed by atoms with Crippen molar-refractivity contribution in [1.29, 1.82) is 0 Å². The molecule has 0 amide bonds. The predicted octanol–water partition coefficient (Wildman–Crippen LogP) is 5.71. The summed E-state index contributed by atoms with van der Waals surface area (Å²) in [6, 6.07) is 9.44. The Morgan fingerprint density at radius 3 is 2.06 bits per heavy atom. The molecular formula is C13H19Br2ClSi. The van der Waals surface area contributed by atoms with Crippen molar-refractivity contribution in [2.45, 2.75) is 31.1 Å². The average Bonchev–Trinajstić information content (AvgIpc) is 2.25. The molecule has 1 aromatic carbocycles. The molecule has 0 aliphatic heterocycles. The fraction of sp³-hybridized carbons (Fsp3) is 0.538. The van der Waals surface area contributed by atoms with Gasteiger partial charge in [0.25, 0.3) is 0 Å². The lowest BCUT2D eigenvalue weighted by molar-refractivity contribution is 0.612. The van der Waals surface area contributed by atoms with E-state index in [-0.39, 0.29) is 5.41 Å². The van der Waals surface area contributed by atoms with Gasteiger partial charge in [0.15, 0.2) is 0 Å². The second-order valence-corrected chi connectivity index (χ2v) is 12.8. The van der Waals surface area contributed by atoms with Crippen LogP contribution in [0.4, 0.5) is 0 Å². The first kappa shape index (κ1) is 15.7. The zero-order chi connectivity index (χ0) is 13.1. The first-order chi connectivity index (χ1) is 7.84. The summed E-state index contributed by atoms with van der Waals surface area (Å²) in [5.74, 6) is 0. The Bertz CT molecular complexity index is 370. The fourth-order valence-corrected chi connectivity index (χ4v) is 7.74. The van der Waals surface area contributed by atoms with Crippen molar-refractivity contribution in [2.24, 2.45) is 0 Å². The molecule has 0 unspecified atom stereocenters. The highest BCUT2D eigenvalue weighted by Gasteiger charge is 2.36. The summed E-state index contributed by atoms with van der Waals surface area (Å²) in [6.07, 6.45) is 0. The summed E-state index contributed by atoms with van der Waals surface area (Å²) in [5.41, 5.74) is 1.38. The van der Waals surface area contributed by atoms with Crippen LogP contribution in [0.3, 0.4) is 0 Å². The maximum Gasteiger partial charge on any atom is 0.0452 e. The summed E-state index contributed by atoms with van der Waals surface area (Å²) in [6.45, 7) is 7.22. The molecule has 0 radical (unpaired) electrons. The van der Waals surface area contributed by atoms with Crippen LogP contribution < -0.4 is 0 Å². The van der Waals surface area contributed by atoms with Gasteiger partial charge in [-0.15, -0.1) is 0 Å². The minimum absolute atomic E-state index is 0.114. The van der Waals surface area contributed by atoms with Crippen LogP contribution in [0.25, 0.3) is 0 Å². The Labute approximate surface area is 127 Å². The van der Waals surface area contributed by atoms with Gasteiger partial charge in [0.1, 0.15) is 0 Å². The van der Waals surface area contributed by atoms with E-state index in [4.69, 9.17) is 11.6 Å². The normalized spacial score (nSPS) is 12.8. The fourth-order valence-electron chi connectivity index (χ4n) is 2.28.